The van der Waals surface area contributed by atoms with E-state index in [1.165, 1.54) is 0 Å². The van der Waals surface area contributed by atoms with E-state index in [9.17, 15) is 9.59 Å². The Hall–Kier alpha value is -0.480. The van der Waals surface area contributed by atoms with Gasteiger partial charge in [-0.3, -0.25) is 0 Å². The quantitative estimate of drug-likeness (QED) is 0.466. The number of ether oxygens (including phenoxy) is 1. The molecular weight excluding hydrogens is 243 g/mol. The molecule has 0 aromatic rings. The van der Waals surface area contributed by atoms with Crippen LogP contribution >= 0.6 is 23.2 Å². The molecule has 1 unspecified atom stereocenters. The van der Waals surface area contributed by atoms with Crippen LogP contribution in [0.5, 0.6) is 0 Å². The minimum atomic E-state index is -2.53. The fourth-order valence-electron chi connectivity index (χ4n) is 0.990. The highest BCUT2D eigenvalue weighted by Gasteiger charge is 2.45. The van der Waals surface area contributed by atoms with Gasteiger partial charge in [-0.05, 0) is 12.3 Å². The number of carboxylic acid groups (broad SMARTS) is 1. The van der Waals surface area contributed by atoms with Crippen LogP contribution in [0, 0.1) is 5.92 Å². The number of carbonyl (C=O) groups is 2. The molecule has 0 fully saturated rings. The largest absolute Gasteiger partial charge is 0.479 e. The summed E-state index contributed by atoms with van der Waals surface area (Å²) in [7, 11) is 0. The molecule has 1 N–H and O–H groups in total. The Labute approximate surface area is 98.5 Å². The molecule has 0 saturated carbocycles. The van der Waals surface area contributed by atoms with Crippen LogP contribution in [-0.4, -0.2) is 27.5 Å². The van der Waals surface area contributed by atoms with E-state index < -0.39 is 16.3 Å². The van der Waals surface area contributed by atoms with Gasteiger partial charge in [-0.15, -0.1) is 0 Å². The smallest absolute Gasteiger partial charge is 0.354 e. The Morgan fingerprint density at radius 1 is 1.40 bits per heavy atom. The number of alkyl halides is 2. The topological polar surface area (TPSA) is 63.6 Å². The van der Waals surface area contributed by atoms with E-state index in [1.54, 1.807) is 0 Å². The van der Waals surface area contributed by atoms with Crippen molar-refractivity contribution < 1.29 is 19.4 Å². The molecule has 0 aliphatic rings. The van der Waals surface area contributed by atoms with Crippen molar-refractivity contribution in [1.82, 2.24) is 0 Å². The Balaban J connectivity index is 4.54. The number of rotatable bonds is 5. The van der Waals surface area contributed by atoms with Gasteiger partial charge >= 0.3 is 16.3 Å². The molecule has 6 heteroatoms. The first kappa shape index (κ1) is 14.5. The zero-order chi connectivity index (χ0) is 12.2. The fraction of sp³-hybridized carbons (Fsp3) is 0.778. The number of hydrogen-bond donors (Lipinski definition) is 1. The summed E-state index contributed by atoms with van der Waals surface area (Å²) in [5.74, 6) is -2.69. The summed E-state index contributed by atoms with van der Waals surface area (Å²) in [5.41, 5.74) is 0. The van der Waals surface area contributed by atoms with Crippen LogP contribution < -0.4 is 0 Å². The van der Waals surface area contributed by atoms with Crippen molar-refractivity contribution in [3.8, 4) is 0 Å². The van der Waals surface area contributed by atoms with Crippen LogP contribution in [0.15, 0.2) is 0 Å². The van der Waals surface area contributed by atoms with E-state index in [-0.39, 0.29) is 12.0 Å². The number of hydrogen-bond acceptors (Lipinski definition) is 3. The van der Waals surface area contributed by atoms with Gasteiger partial charge in [0.25, 0.3) is 0 Å². The van der Waals surface area contributed by atoms with Crippen molar-refractivity contribution in [2.45, 2.75) is 37.6 Å². The summed E-state index contributed by atoms with van der Waals surface area (Å²) in [6.07, 6.45) is 0.195. The monoisotopic (exact) mass is 256 g/mol. The van der Waals surface area contributed by atoms with E-state index in [4.69, 9.17) is 33.0 Å². The van der Waals surface area contributed by atoms with Gasteiger partial charge < -0.3 is 9.84 Å². The molecule has 0 aliphatic heterocycles. The van der Waals surface area contributed by atoms with Crippen LogP contribution in [0.25, 0.3) is 0 Å². The molecule has 15 heavy (non-hydrogen) atoms. The van der Waals surface area contributed by atoms with E-state index >= 15 is 0 Å². The maximum atomic E-state index is 11.3. The van der Waals surface area contributed by atoms with Crippen molar-refractivity contribution in [3.05, 3.63) is 0 Å². The summed E-state index contributed by atoms with van der Waals surface area (Å²) >= 11 is 10.6. The zero-order valence-corrected chi connectivity index (χ0v) is 10.3. The maximum absolute atomic E-state index is 11.3. The van der Waals surface area contributed by atoms with Crippen LogP contribution in [0.4, 0.5) is 0 Å². The molecule has 0 rings (SSSR count). The highest BCUT2D eigenvalue weighted by atomic mass is 35.5. The van der Waals surface area contributed by atoms with Gasteiger partial charge in [0.2, 0.25) is 0 Å². The normalized spacial score (nSPS) is 13.7. The number of halogens is 2. The van der Waals surface area contributed by atoms with Gasteiger partial charge in [-0.25, -0.2) is 9.59 Å². The molecule has 0 amide bonds. The van der Waals surface area contributed by atoms with Crippen LogP contribution in [0.2, 0.25) is 0 Å². The second-order valence-electron chi connectivity index (χ2n) is 3.48. The molecule has 1 atom stereocenters. The first-order valence-corrected chi connectivity index (χ1v) is 5.31. The Morgan fingerprint density at radius 2 is 1.87 bits per heavy atom. The molecule has 0 aromatic heterocycles. The summed E-state index contributed by atoms with van der Waals surface area (Å²) < 4.78 is 2.38. The van der Waals surface area contributed by atoms with Gasteiger partial charge in [0.15, 0.2) is 0 Å². The van der Waals surface area contributed by atoms with Gasteiger partial charge in [0.05, 0.1) is 0 Å². The first-order chi connectivity index (χ1) is 6.73. The van der Waals surface area contributed by atoms with Crippen molar-refractivity contribution in [1.29, 1.82) is 0 Å². The second-order valence-corrected chi connectivity index (χ2v) is 4.80. The van der Waals surface area contributed by atoms with E-state index in [0.29, 0.717) is 6.42 Å². The number of esters is 1. The molecule has 0 heterocycles. The summed E-state index contributed by atoms with van der Waals surface area (Å²) in [4.78, 5) is 21.9. The van der Waals surface area contributed by atoms with Crippen molar-refractivity contribution >= 4 is 35.1 Å². The maximum Gasteiger partial charge on any atom is 0.354 e. The van der Waals surface area contributed by atoms with Gasteiger partial charge in [0.1, 0.15) is 6.10 Å². The highest BCUT2D eigenvalue weighted by molar-refractivity contribution is 6.66. The van der Waals surface area contributed by atoms with E-state index in [1.807, 2.05) is 20.8 Å². The molecule has 4 nitrogen and oxygen atoms in total. The molecule has 88 valence electrons. The van der Waals surface area contributed by atoms with Crippen LogP contribution in [-0.2, 0) is 14.3 Å². The molecular formula is C9H14Cl2O4. The lowest BCUT2D eigenvalue weighted by atomic mass is 10.1. The minimum Gasteiger partial charge on any atom is -0.479 e. The summed E-state index contributed by atoms with van der Waals surface area (Å²) in [6, 6.07) is 0. The zero-order valence-electron chi connectivity index (χ0n) is 8.79. The molecule has 0 spiro atoms. The highest BCUT2D eigenvalue weighted by Crippen LogP contribution is 2.25. The predicted octanol–water partition coefficient (Wildman–Crippen LogP) is 2.22. The van der Waals surface area contributed by atoms with E-state index in [0.717, 1.165) is 0 Å². The van der Waals surface area contributed by atoms with Crippen LogP contribution in [0.3, 0.4) is 0 Å². The average molecular weight is 257 g/mol. The average Bonchev–Trinajstić information content (AvgIpc) is 2.12. The molecule has 0 aliphatic carbocycles. The first-order valence-electron chi connectivity index (χ1n) is 4.55. The Morgan fingerprint density at radius 3 is 2.13 bits per heavy atom. The summed E-state index contributed by atoms with van der Waals surface area (Å²) in [5, 5.41) is 8.57. The van der Waals surface area contributed by atoms with Gasteiger partial charge in [-0.2, -0.15) is 0 Å². The molecule has 0 radical (unpaired) electrons. The molecule has 0 aromatic carbocycles. The lowest BCUT2D eigenvalue weighted by Crippen LogP contribution is -2.39. The lowest BCUT2D eigenvalue weighted by Gasteiger charge is -2.22. The van der Waals surface area contributed by atoms with Crippen molar-refractivity contribution in [2.24, 2.45) is 5.92 Å². The van der Waals surface area contributed by atoms with Crippen LogP contribution in [0.1, 0.15) is 27.2 Å². The number of aliphatic carboxylic acids is 1. The number of carbonyl (C=O) groups excluding carboxylic acids is 1. The SMILES string of the molecule is CCC(OC(=O)C(Cl)(Cl)C(=O)O)C(C)C. The Kier molecular flexibility index (Phi) is 5.38. The standard InChI is InChI=1S/C9H14Cl2O4/c1-4-6(5(2)3)15-8(14)9(10,11)7(12)13/h5-6H,4H2,1-3H3,(H,12,13). The third kappa shape index (κ3) is 3.87. The molecule has 0 saturated heterocycles. The predicted molar refractivity (Wildman–Crippen MR) is 57.1 cm³/mol. The van der Waals surface area contributed by atoms with Crippen molar-refractivity contribution in [2.75, 3.05) is 0 Å². The third-order valence-corrected chi connectivity index (χ3v) is 2.56. The van der Waals surface area contributed by atoms with Gasteiger partial charge in [0, 0.05) is 0 Å². The Bertz CT molecular complexity index is 250. The number of carboxylic acids is 1. The van der Waals surface area contributed by atoms with E-state index in [2.05, 4.69) is 0 Å². The van der Waals surface area contributed by atoms with Gasteiger partial charge in [-0.1, -0.05) is 44.0 Å². The second kappa shape index (κ2) is 5.56. The van der Waals surface area contributed by atoms with Crippen molar-refractivity contribution in [3.63, 3.8) is 0 Å². The molecule has 0 bridgehead atoms. The fourth-order valence-corrected chi connectivity index (χ4v) is 1.08. The lowest BCUT2D eigenvalue weighted by molar-refractivity contribution is -0.158. The minimum absolute atomic E-state index is 0.0804. The third-order valence-electron chi connectivity index (χ3n) is 1.93. The summed E-state index contributed by atoms with van der Waals surface area (Å²) in [6.45, 7) is 5.53.